The van der Waals surface area contributed by atoms with Gasteiger partial charge in [0.1, 0.15) is 5.75 Å². The topological polar surface area (TPSA) is 41.5 Å². The average molecular weight is 237 g/mol. The summed E-state index contributed by atoms with van der Waals surface area (Å²) in [7, 11) is 1.67. The molecule has 0 saturated heterocycles. The highest BCUT2D eigenvalue weighted by molar-refractivity contribution is 5.33. The Morgan fingerprint density at radius 2 is 1.76 bits per heavy atom. The molecule has 0 atom stereocenters. The molecule has 0 aliphatic rings. The first-order valence-electron chi connectivity index (χ1n) is 5.87. The molecule has 96 valence electrons. The highest BCUT2D eigenvalue weighted by atomic mass is 16.5. The third kappa shape index (κ3) is 3.45. The molecule has 3 nitrogen and oxygen atoms in total. The van der Waals surface area contributed by atoms with E-state index in [-0.39, 0.29) is 5.54 Å². The highest BCUT2D eigenvalue weighted by Crippen LogP contribution is 2.23. The Morgan fingerprint density at radius 1 is 1.18 bits per heavy atom. The largest absolute Gasteiger partial charge is 0.496 e. The fourth-order valence-electron chi connectivity index (χ4n) is 1.38. The first-order valence-corrected chi connectivity index (χ1v) is 5.87. The number of hydrogen-bond donors (Lipinski definition) is 2. The van der Waals surface area contributed by atoms with E-state index < -0.39 is 5.60 Å². The minimum Gasteiger partial charge on any atom is -0.496 e. The van der Waals surface area contributed by atoms with E-state index in [4.69, 9.17) is 4.74 Å². The third-order valence-corrected chi connectivity index (χ3v) is 3.44. The van der Waals surface area contributed by atoms with Crippen LogP contribution in [0.5, 0.6) is 5.75 Å². The van der Waals surface area contributed by atoms with E-state index in [0.717, 1.165) is 11.3 Å². The molecule has 3 heteroatoms. The second-order valence-electron chi connectivity index (χ2n) is 5.35. The fraction of sp³-hybridized carbons (Fsp3) is 0.571. The molecule has 0 aliphatic heterocycles. The lowest BCUT2D eigenvalue weighted by Crippen LogP contribution is -2.55. The molecular weight excluding hydrogens is 214 g/mol. The zero-order valence-electron chi connectivity index (χ0n) is 11.4. The van der Waals surface area contributed by atoms with Crippen molar-refractivity contribution in [1.29, 1.82) is 0 Å². The number of nitrogens with one attached hydrogen (secondary N) is 1. The molecule has 0 bridgehead atoms. The molecule has 0 heterocycles. The van der Waals surface area contributed by atoms with Crippen molar-refractivity contribution in [2.24, 2.45) is 0 Å². The number of ether oxygens (including phenoxy) is 1. The lowest BCUT2D eigenvalue weighted by molar-refractivity contribution is -0.00539. The maximum absolute atomic E-state index is 10.1. The maximum Gasteiger partial charge on any atom is 0.123 e. The Hall–Kier alpha value is -1.06. The molecule has 0 aromatic heterocycles. The van der Waals surface area contributed by atoms with E-state index in [1.165, 1.54) is 0 Å². The quantitative estimate of drug-likeness (QED) is 0.826. The van der Waals surface area contributed by atoms with Gasteiger partial charge in [0, 0.05) is 17.6 Å². The maximum atomic E-state index is 10.1. The van der Waals surface area contributed by atoms with Crippen LogP contribution >= 0.6 is 0 Å². The van der Waals surface area contributed by atoms with Crippen molar-refractivity contribution in [2.75, 3.05) is 7.11 Å². The van der Waals surface area contributed by atoms with Crippen molar-refractivity contribution in [3.8, 4) is 5.75 Å². The average Bonchev–Trinajstić information content (AvgIpc) is 2.25. The molecule has 0 saturated carbocycles. The van der Waals surface area contributed by atoms with Crippen LogP contribution in [0.4, 0.5) is 0 Å². The molecule has 0 aliphatic carbocycles. The second-order valence-corrected chi connectivity index (χ2v) is 5.35. The van der Waals surface area contributed by atoms with Crippen LogP contribution < -0.4 is 10.1 Å². The van der Waals surface area contributed by atoms with Crippen LogP contribution in [0.3, 0.4) is 0 Å². The van der Waals surface area contributed by atoms with E-state index in [9.17, 15) is 5.11 Å². The highest BCUT2D eigenvalue weighted by Gasteiger charge is 2.34. The van der Waals surface area contributed by atoms with Crippen molar-refractivity contribution >= 4 is 0 Å². The van der Waals surface area contributed by atoms with Gasteiger partial charge in [0.15, 0.2) is 0 Å². The summed E-state index contributed by atoms with van der Waals surface area (Å²) in [6, 6.07) is 7.89. The van der Waals surface area contributed by atoms with Gasteiger partial charge in [-0.2, -0.15) is 0 Å². The summed E-state index contributed by atoms with van der Waals surface area (Å²) in [5.41, 5.74) is -0.0598. The molecule has 0 radical (unpaired) electrons. The molecule has 0 fully saturated rings. The summed E-state index contributed by atoms with van der Waals surface area (Å²) in [5, 5.41) is 13.4. The lowest BCUT2D eigenvalue weighted by Gasteiger charge is -2.38. The Balaban J connectivity index is 2.74. The number of para-hydroxylation sites is 1. The number of benzene rings is 1. The summed E-state index contributed by atoms with van der Waals surface area (Å²) in [5.74, 6) is 0.867. The number of methoxy groups -OCH3 is 1. The van der Waals surface area contributed by atoms with Gasteiger partial charge in [-0.1, -0.05) is 18.2 Å². The number of hydrogen-bond acceptors (Lipinski definition) is 3. The predicted octanol–water partition coefficient (Wildman–Crippen LogP) is 2.33. The van der Waals surface area contributed by atoms with Crippen LogP contribution in [-0.2, 0) is 6.54 Å². The Labute approximate surface area is 104 Å². The van der Waals surface area contributed by atoms with Gasteiger partial charge in [-0.15, -0.1) is 0 Å². The second kappa shape index (κ2) is 5.07. The smallest absolute Gasteiger partial charge is 0.123 e. The molecule has 0 spiro atoms. The van der Waals surface area contributed by atoms with Gasteiger partial charge in [0.05, 0.1) is 12.7 Å². The molecule has 0 unspecified atom stereocenters. The predicted molar refractivity (Wildman–Crippen MR) is 70.2 cm³/mol. The summed E-state index contributed by atoms with van der Waals surface area (Å²) < 4.78 is 5.29. The van der Waals surface area contributed by atoms with Gasteiger partial charge in [-0.05, 0) is 33.8 Å². The van der Waals surface area contributed by atoms with Crippen molar-refractivity contribution in [3.63, 3.8) is 0 Å². The van der Waals surface area contributed by atoms with Gasteiger partial charge >= 0.3 is 0 Å². The van der Waals surface area contributed by atoms with Crippen LogP contribution in [0.2, 0.25) is 0 Å². The zero-order valence-corrected chi connectivity index (χ0v) is 11.4. The van der Waals surface area contributed by atoms with Gasteiger partial charge in [-0.3, -0.25) is 0 Å². The first-order chi connectivity index (χ1) is 7.78. The van der Waals surface area contributed by atoms with E-state index in [0.29, 0.717) is 6.54 Å². The van der Waals surface area contributed by atoms with Gasteiger partial charge < -0.3 is 15.2 Å². The third-order valence-electron chi connectivity index (χ3n) is 3.44. The minimum absolute atomic E-state index is 0.367. The summed E-state index contributed by atoms with van der Waals surface area (Å²) in [6.45, 7) is 8.26. The van der Waals surface area contributed by atoms with Gasteiger partial charge in [-0.25, -0.2) is 0 Å². The van der Waals surface area contributed by atoms with Crippen LogP contribution in [0.1, 0.15) is 33.3 Å². The van der Waals surface area contributed by atoms with E-state index in [1.807, 2.05) is 52.0 Å². The van der Waals surface area contributed by atoms with E-state index >= 15 is 0 Å². The van der Waals surface area contributed by atoms with Crippen molar-refractivity contribution in [1.82, 2.24) is 5.32 Å². The van der Waals surface area contributed by atoms with Crippen LogP contribution in [0, 0.1) is 0 Å². The summed E-state index contributed by atoms with van der Waals surface area (Å²) >= 11 is 0. The molecule has 1 aromatic carbocycles. The SMILES string of the molecule is COc1ccccc1CNC(C)(C)C(C)(C)O. The van der Waals surface area contributed by atoms with Crippen molar-refractivity contribution in [3.05, 3.63) is 29.8 Å². The van der Waals surface area contributed by atoms with E-state index in [1.54, 1.807) is 7.11 Å². The molecule has 2 N–H and O–H groups in total. The summed E-state index contributed by atoms with van der Waals surface area (Å²) in [6.07, 6.45) is 0. The Morgan fingerprint density at radius 3 is 2.29 bits per heavy atom. The minimum atomic E-state index is -0.783. The molecule has 1 aromatic rings. The first kappa shape index (κ1) is 14.0. The fourth-order valence-corrected chi connectivity index (χ4v) is 1.38. The monoisotopic (exact) mass is 237 g/mol. The van der Waals surface area contributed by atoms with Gasteiger partial charge in [0.25, 0.3) is 0 Å². The molecular formula is C14H23NO2. The van der Waals surface area contributed by atoms with Crippen LogP contribution in [0.15, 0.2) is 24.3 Å². The van der Waals surface area contributed by atoms with Crippen LogP contribution in [0.25, 0.3) is 0 Å². The normalized spacial score (nSPS) is 12.6. The zero-order chi connectivity index (χ0) is 13.1. The van der Waals surface area contributed by atoms with Crippen LogP contribution in [-0.4, -0.2) is 23.4 Å². The molecule has 17 heavy (non-hydrogen) atoms. The molecule has 1 rings (SSSR count). The number of aliphatic hydroxyl groups is 1. The van der Waals surface area contributed by atoms with Crippen molar-refractivity contribution in [2.45, 2.75) is 45.4 Å². The summed E-state index contributed by atoms with van der Waals surface area (Å²) in [4.78, 5) is 0. The van der Waals surface area contributed by atoms with Crippen molar-refractivity contribution < 1.29 is 9.84 Å². The Bertz CT molecular complexity index is 367. The molecule has 0 amide bonds. The number of rotatable bonds is 5. The Kier molecular flexibility index (Phi) is 4.17. The van der Waals surface area contributed by atoms with E-state index in [2.05, 4.69) is 5.32 Å². The van der Waals surface area contributed by atoms with Gasteiger partial charge in [0.2, 0.25) is 0 Å². The lowest BCUT2D eigenvalue weighted by atomic mass is 9.86. The standard InChI is InChI=1S/C14H23NO2/c1-13(2,14(3,4)16)15-10-11-8-6-7-9-12(11)17-5/h6-9,15-16H,10H2,1-5H3.